The molecule has 4 unspecified atom stereocenters. The van der Waals surface area contributed by atoms with Gasteiger partial charge in [0.05, 0.1) is 0 Å². The van der Waals surface area contributed by atoms with Crippen LogP contribution in [0, 0.1) is 0 Å². The first-order chi connectivity index (χ1) is 11.2. The van der Waals surface area contributed by atoms with E-state index in [4.69, 9.17) is 20.2 Å². The van der Waals surface area contributed by atoms with Crippen molar-refractivity contribution in [3.63, 3.8) is 0 Å². The summed E-state index contributed by atoms with van der Waals surface area (Å²) in [6.45, 7) is 14.3. The van der Waals surface area contributed by atoms with Crippen LogP contribution in [0.15, 0.2) is 0 Å². The Morgan fingerprint density at radius 2 is 1.17 bits per heavy atom. The minimum atomic E-state index is 0.00694. The molecule has 0 aromatic heterocycles. The number of hydrogen-bond acceptors (Lipinski definition) is 4. The van der Waals surface area contributed by atoms with Crippen LogP contribution < -0.4 is 10.6 Å². The molecule has 139 valence electrons. The van der Waals surface area contributed by atoms with E-state index in [2.05, 4.69) is 34.3 Å². The molecule has 23 heavy (non-hydrogen) atoms. The predicted octanol–water partition coefficient (Wildman–Crippen LogP) is 2.51. The third kappa shape index (κ3) is 9.86. The summed E-state index contributed by atoms with van der Waals surface area (Å²) in [5, 5.41) is 7.50. The second-order valence-corrected chi connectivity index (χ2v) is 8.38. The predicted molar refractivity (Wildman–Crippen MR) is 98.0 cm³/mol. The van der Waals surface area contributed by atoms with Gasteiger partial charge in [-0.15, -0.1) is 0 Å². The van der Waals surface area contributed by atoms with E-state index in [0.29, 0.717) is 12.1 Å². The van der Waals surface area contributed by atoms with E-state index in [1.807, 2.05) is 0 Å². The maximum absolute atomic E-state index is 4.80. The van der Waals surface area contributed by atoms with Crippen molar-refractivity contribution >= 4 is 20.2 Å². The molecule has 4 nitrogen and oxygen atoms in total. The molecule has 2 N–H and O–H groups in total. The molecular weight excluding hydrogens is 374 g/mol. The number of rotatable bonds is 2. The standard InChI is InChI=1S/C16H34N4.2ClH.Mn/c1-3-15-5-9-19-12-8-18-16(4-2)6-10-20(14-13-19)11-7-17-15;;;/h15-18H,3-14H2,1-2H3;2*1H;/q;;;+2/p-2. The fourth-order valence-corrected chi connectivity index (χ4v) is 3.39. The number of nitrogens with zero attached hydrogens (tertiary/aromatic N) is 2. The van der Waals surface area contributed by atoms with E-state index >= 15 is 0 Å². The summed E-state index contributed by atoms with van der Waals surface area (Å²) < 4.78 is 0. The van der Waals surface area contributed by atoms with Crippen molar-refractivity contribution in [1.29, 1.82) is 0 Å². The Kier molecular flexibility index (Phi) is 13.5. The van der Waals surface area contributed by atoms with Gasteiger partial charge in [0.15, 0.2) is 0 Å². The Bertz CT molecular complexity index is 257. The Morgan fingerprint density at radius 3 is 1.52 bits per heavy atom. The third-order valence-electron chi connectivity index (χ3n) is 5.03. The van der Waals surface area contributed by atoms with Crippen molar-refractivity contribution in [2.24, 2.45) is 0 Å². The molecule has 4 atom stereocenters. The van der Waals surface area contributed by atoms with Crippen LogP contribution in [-0.2, 0) is 13.1 Å². The first-order valence-electron chi connectivity index (χ1n) is 9.01. The first-order valence-corrected chi connectivity index (χ1v) is 12.3. The first kappa shape index (κ1) is 22.0. The molecular formula is C16H34Cl2MnN4. The third-order valence-corrected chi connectivity index (χ3v) is 5.03. The van der Waals surface area contributed by atoms with Gasteiger partial charge in [0.25, 0.3) is 0 Å². The zero-order valence-corrected chi connectivity index (χ0v) is 17.4. The Hall–Kier alpha value is 0.939. The summed E-state index contributed by atoms with van der Waals surface area (Å²) in [7, 11) is 9.59. The molecule has 0 radical (unpaired) electrons. The molecule has 0 spiro atoms. The molecule has 0 aromatic carbocycles. The summed E-state index contributed by atoms with van der Waals surface area (Å²) in [5.41, 5.74) is 0. The molecule has 0 aromatic rings. The van der Waals surface area contributed by atoms with E-state index in [0.717, 1.165) is 13.1 Å². The maximum atomic E-state index is 4.80. The molecule has 2 aliphatic heterocycles. The van der Waals surface area contributed by atoms with E-state index < -0.39 is 0 Å². The molecule has 2 saturated heterocycles. The minimum absolute atomic E-state index is 0.00694. The van der Waals surface area contributed by atoms with Crippen molar-refractivity contribution in [2.45, 2.75) is 51.6 Å². The fraction of sp³-hybridized carbons (Fsp3) is 1.00. The molecule has 0 saturated carbocycles. The van der Waals surface area contributed by atoms with Gasteiger partial charge in [0.2, 0.25) is 0 Å². The monoisotopic (exact) mass is 407 g/mol. The van der Waals surface area contributed by atoms with E-state index in [9.17, 15) is 0 Å². The average molecular weight is 408 g/mol. The van der Waals surface area contributed by atoms with Crippen molar-refractivity contribution in [3.8, 4) is 0 Å². The summed E-state index contributed by atoms with van der Waals surface area (Å²) in [5.74, 6) is 0. The number of fused-ring (bicyclic) bond motifs is 3. The van der Waals surface area contributed by atoms with E-state index in [1.165, 1.54) is 65.0 Å². The number of hydrogen-bond donors (Lipinski definition) is 2. The summed E-state index contributed by atoms with van der Waals surface area (Å²) in [4.78, 5) is 5.32. The Labute approximate surface area is 157 Å². The van der Waals surface area contributed by atoms with Gasteiger partial charge in [-0.3, -0.25) is 0 Å². The molecule has 0 amide bonds. The average Bonchev–Trinajstić information content (AvgIpc) is 2.57. The van der Waals surface area contributed by atoms with Gasteiger partial charge in [-0.05, 0) is 38.8 Å². The SMILES string of the molecule is CCC1CCN2CCNC(CC)CCN(CCN1)CC2.[Cl][Mn][Cl]. The van der Waals surface area contributed by atoms with Gasteiger partial charge >= 0.3 is 33.3 Å². The van der Waals surface area contributed by atoms with Crippen molar-refractivity contribution in [1.82, 2.24) is 20.4 Å². The zero-order valence-electron chi connectivity index (χ0n) is 14.7. The van der Waals surface area contributed by atoms with Crippen LogP contribution in [0.25, 0.3) is 0 Å². The molecule has 2 heterocycles. The number of nitrogens with one attached hydrogen (secondary N) is 2. The van der Waals surface area contributed by atoms with Gasteiger partial charge in [-0.2, -0.15) is 0 Å². The van der Waals surface area contributed by atoms with Gasteiger partial charge < -0.3 is 20.4 Å². The van der Waals surface area contributed by atoms with Crippen LogP contribution in [0.2, 0.25) is 0 Å². The van der Waals surface area contributed by atoms with Gasteiger partial charge in [0, 0.05) is 51.4 Å². The topological polar surface area (TPSA) is 30.5 Å². The van der Waals surface area contributed by atoms with Crippen LogP contribution in [0.4, 0.5) is 0 Å². The summed E-state index contributed by atoms with van der Waals surface area (Å²) >= 11 is 0.00694. The van der Waals surface area contributed by atoms with Crippen molar-refractivity contribution < 1.29 is 13.1 Å². The zero-order chi connectivity index (χ0) is 16.9. The van der Waals surface area contributed by atoms with Gasteiger partial charge in [-0.25, -0.2) is 0 Å². The molecule has 2 bridgehead atoms. The van der Waals surface area contributed by atoms with E-state index in [1.54, 1.807) is 0 Å². The van der Waals surface area contributed by atoms with Crippen molar-refractivity contribution in [3.05, 3.63) is 0 Å². The van der Waals surface area contributed by atoms with E-state index in [-0.39, 0.29) is 13.1 Å². The molecule has 2 rings (SSSR count). The fourth-order valence-electron chi connectivity index (χ4n) is 3.39. The van der Waals surface area contributed by atoms with Crippen LogP contribution >= 0.6 is 20.2 Å². The molecule has 2 fully saturated rings. The number of halogens is 2. The molecule has 0 aliphatic carbocycles. The van der Waals surface area contributed by atoms with Crippen LogP contribution in [0.5, 0.6) is 0 Å². The van der Waals surface area contributed by atoms with Crippen LogP contribution in [-0.4, -0.2) is 74.2 Å². The summed E-state index contributed by atoms with van der Waals surface area (Å²) in [6, 6.07) is 1.41. The normalized spacial score (nSPS) is 33.4. The molecule has 2 aliphatic rings. The van der Waals surface area contributed by atoms with Crippen molar-refractivity contribution in [2.75, 3.05) is 52.4 Å². The second kappa shape index (κ2) is 14.1. The molecule has 7 heteroatoms. The van der Waals surface area contributed by atoms with Gasteiger partial charge in [-0.1, -0.05) is 13.8 Å². The second-order valence-electron chi connectivity index (χ2n) is 6.43. The Morgan fingerprint density at radius 1 is 0.783 bits per heavy atom. The van der Waals surface area contributed by atoms with Crippen LogP contribution in [0.1, 0.15) is 39.5 Å². The van der Waals surface area contributed by atoms with Gasteiger partial charge in [0.1, 0.15) is 0 Å². The Balaban J connectivity index is 0.000000816. The van der Waals surface area contributed by atoms with Crippen LogP contribution in [0.3, 0.4) is 0 Å². The summed E-state index contributed by atoms with van der Waals surface area (Å²) in [6.07, 6.45) is 5.11. The quantitative estimate of drug-likeness (QED) is 0.688.